The summed E-state index contributed by atoms with van der Waals surface area (Å²) < 4.78 is 13.1. The summed E-state index contributed by atoms with van der Waals surface area (Å²) in [5.41, 5.74) is 6.60. The van der Waals surface area contributed by atoms with Crippen LogP contribution in [0.1, 0.15) is 30.2 Å². The van der Waals surface area contributed by atoms with Crippen molar-refractivity contribution in [2.45, 2.75) is 33.6 Å². The number of hydrogen-bond donors (Lipinski definition) is 1. The van der Waals surface area contributed by atoms with E-state index in [0.29, 0.717) is 0 Å². The van der Waals surface area contributed by atoms with E-state index >= 15 is 0 Å². The maximum Gasteiger partial charge on any atom is 0.123 e. The Bertz CT molecular complexity index is 785. The molecule has 0 fully saturated rings. The van der Waals surface area contributed by atoms with Crippen LogP contribution in [-0.4, -0.2) is 9.97 Å². The number of H-pyrrole nitrogens is 1. The molecule has 0 bridgehead atoms. The van der Waals surface area contributed by atoms with Gasteiger partial charge in [0.1, 0.15) is 5.82 Å². The van der Waals surface area contributed by atoms with Crippen LogP contribution in [0.2, 0.25) is 0 Å². The molecule has 0 aliphatic rings. The molecule has 108 valence electrons. The van der Waals surface area contributed by atoms with Crippen molar-refractivity contribution in [2.75, 3.05) is 0 Å². The van der Waals surface area contributed by atoms with E-state index in [2.05, 4.69) is 30.7 Å². The van der Waals surface area contributed by atoms with Crippen LogP contribution in [0.5, 0.6) is 0 Å². The fourth-order valence-corrected chi connectivity index (χ4v) is 2.85. The molecule has 0 amide bonds. The van der Waals surface area contributed by atoms with E-state index < -0.39 is 0 Å². The van der Waals surface area contributed by atoms with Crippen molar-refractivity contribution in [1.29, 1.82) is 0 Å². The summed E-state index contributed by atoms with van der Waals surface area (Å²) in [6.45, 7) is 6.40. The third kappa shape index (κ3) is 2.33. The lowest BCUT2D eigenvalue weighted by atomic mass is 10.0. The second kappa shape index (κ2) is 5.32. The molecule has 0 atom stereocenters. The van der Waals surface area contributed by atoms with Gasteiger partial charge in [0, 0.05) is 22.8 Å². The highest BCUT2D eigenvalue weighted by Gasteiger charge is 2.14. The highest BCUT2D eigenvalue weighted by molar-refractivity contribution is 5.96. The number of aromatic nitrogens is 2. The average Bonchev–Trinajstić information content (AvgIpc) is 2.77. The first-order valence-corrected chi connectivity index (χ1v) is 7.34. The van der Waals surface area contributed by atoms with Crippen molar-refractivity contribution >= 4 is 10.9 Å². The normalized spacial score (nSPS) is 11.2. The van der Waals surface area contributed by atoms with Crippen molar-refractivity contribution < 1.29 is 4.39 Å². The number of halogens is 1. The molecule has 0 aliphatic heterocycles. The van der Waals surface area contributed by atoms with Gasteiger partial charge in [-0.3, -0.25) is 4.98 Å². The molecule has 0 saturated heterocycles. The van der Waals surface area contributed by atoms with E-state index in [1.165, 1.54) is 34.3 Å². The molecule has 2 nitrogen and oxygen atoms in total. The van der Waals surface area contributed by atoms with Crippen molar-refractivity contribution in [2.24, 2.45) is 0 Å². The van der Waals surface area contributed by atoms with Gasteiger partial charge in [0.25, 0.3) is 0 Å². The molecule has 2 aromatic heterocycles. The fraction of sp³-hybridized carbons (Fsp3) is 0.278. The Kier molecular flexibility index (Phi) is 3.50. The lowest BCUT2D eigenvalue weighted by molar-refractivity contribution is 0.628. The Hall–Kier alpha value is -2.16. The zero-order chi connectivity index (χ0) is 15.0. The molecule has 0 saturated carbocycles. The first kappa shape index (κ1) is 13.8. The minimum absolute atomic E-state index is 0.226. The van der Waals surface area contributed by atoms with Crippen LogP contribution < -0.4 is 0 Å². The lowest BCUT2D eigenvalue weighted by Crippen LogP contribution is -1.92. The Morgan fingerprint density at radius 2 is 1.86 bits per heavy atom. The Morgan fingerprint density at radius 1 is 1.14 bits per heavy atom. The molecule has 21 heavy (non-hydrogen) atoms. The predicted octanol–water partition coefficient (Wildman–Crippen LogP) is 4.94. The van der Waals surface area contributed by atoms with E-state index in [0.717, 1.165) is 29.6 Å². The smallest absolute Gasteiger partial charge is 0.123 e. The summed E-state index contributed by atoms with van der Waals surface area (Å²) in [5.74, 6) is -0.226. The lowest BCUT2D eigenvalue weighted by Gasteiger charge is -2.07. The third-order valence-electron chi connectivity index (χ3n) is 4.04. The van der Waals surface area contributed by atoms with Crippen molar-refractivity contribution in [1.82, 2.24) is 9.97 Å². The van der Waals surface area contributed by atoms with Crippen LogP contribution in [0.25, 0.3) is 22.2 Å². The zero-order valence-corrected chi connectivity index (χ0v) is 12.6. The molecule has 0 radical (unpaired) electrons. The van der Waals surface area contributed by atoms with E-state index in [-0.39, 0.29) is 5.82 Å². The van der Waals surface area contributed by atoms with Crippen LogP contribution in [0.3, 0.4) is 0 Å². The number of rotatable bonds is 3. The summed E-state index contributed by atoms with van der Waals surface area (Å²) in [4.78, 5) is 8.08. The second-order valence-corrected chi connectivity index (χ2v) is 5.51. The highest BCUT2D eigenvalue weighted by Crippen LogP contribution is 2.32. The molecule has 1 aromatic carbocycles. The number of aryl methyl sites for hydroxylation is 3. The van der Waals surface area contributed by atoms with Gasteiger partial charge < -0.3 is 4.98 Å². The number of nitrogens with zero attached hydrogens (tertiary/aromatic N) is 1. The van der Waals surface area contributed by atoms with E-state index in [4.69, 9.17) is 0 Å². The van der Waals surface area contributed by atoms with Gasteiger partial charge in [0.05, 0.1) is 11.2 Å². The summed E-state index contributed by atoms with van der Waals surface area (Å²) in [7, 11) is 0. The summed E-state index contributed by atoms with van der Waals surface area (Å²) >= 11 is 0. The standard InChI is InChI=1S/C18H19FN2/c1-4-5-14-10-20-17(13-6-8-15(19)9-7-13)18-16(14)11(2)12(3)21-18/h6-10,21H,4-5H2,1-3H3. The molecular weight excluding hydrogens is 263 g/mol. The Balaban J connectivity index is 2.27. The fourth-order valence-electron chi connectivity index (χ4n) is 2.85. The number of fused-ring (bicyclic) bond motifs is 1. The molecule has 3 aromatic rings. The van der Waals surface area contributed by atoms with E-state index in [9.17, 15) is 4.39 Å². The van der Waals surface area contributed by atoms with Crippen LogP contribution in [0.15, 0.2) is 30.5 Å². The molecule has 0 spiro atoms. The molecule has 1 N–H and O–H groups in total. The van der Waals surface area contributed by atoms with Gasteiger partial charge in [-0.1, -0.05) is 13.3 Å². The summed E-state index contributed by atoms with van der Waals surface area (Å²) in [5, 5.41) is 1.27. The van der Waals surface area contributed by atoms with Crippen LogP contribution in [-0.2, 0) is 6.42 Å². The minimum atomic E-state index is -0.226. The quantitative estimate of drug-likeness (QED) is 0.724. The highest BCUT2D eigenvalue weighted by atomic mass is 19.1. The zero-order valence-electron chi connectivity index (χ0n) is 12.6. The number of aromatic amines is 1. The van der Waals surface area contributed by atoms with Gasteiger partial charge in [0.2, 0.25) is 0 Å². The molecular formula is C18H19FN2. The topological polar surface area (TPSA) is 28.7 Å². The van der Waals surface area contributed by atoms with Crippen molar-refractivity contribution in [3.8, 4) is 11.3 Å². The van der Waals surface area contributed by atoms with Gasteiger partial charge in [-0.05, 0) is 55.7 Å². The monoisotopic (exact) mass is 282 g/mol. The van der Waals surface area contributed by atoms with Gasteiger partial charge >= 0.3 is 0 Å². The molecule has 0 aliphatic carbocycles. The van der Waals surface area contributed by atoms with Crippen molar-refractivity contribution in [3.63, 3.8) is 0 Å². The Morgan fingerprint density at radius 3 is 2.52 bits per heavy atom. The summed E-state index contributed by atoms with van der Waals surface area (Å²) in [6.07, 6.45) is 4.08. The Labute approximate surface area is 124 Å². The van der Waals surface area contributed by atoms with Gasteiger partial charge in [-0.15, -0.1) is 0 Å². The van der Waals surface area contributed by atoms with Crippen LogP contribution in [0, 0.1) is 19.7 Å². The number of hydrogen-bond acceptors (Lipinski definition) is 1. The first-order valence-electron chi connectivity index (χ1n) is 7.34. The molecule has 3 heteroatoms. The predicted molar refractivity (Wildman–Crippen MR) is 85.0 cm³/mol. The largest absolute Gasteiger partial charge is 0.357 e. The first-order chi connectivity index (χ1) is 10.1. The molecule has 2 heterocycles. The van der Waals surface area contributed by atoms with E-state index in [1.54, 1.807) is 12.1 Å². The number of benzene rings is 1. The van der Waals surface area contributed by atoms with Gasteiger partial charge in [0.15, 0.2) is 0 Å². The SMILES string of the molecule is CCCc1cnc(-c2ccc(F)cc2)c2[nH]c(C)c(C)c12. The number of pyridine rings is 1. The van der Waals surface area contributed by atoms with E-state index in [1.807, 2.05) is 6.20 Å². The van der Waals surface area contributed by atoms with Crippen LogP contribution >= 0.6 is 0 Å². The van der Waals surface area contributed by atoms with Crippen LogP contribution in [0.4, 0.5) is 4.39 Å². The second-order valence-electron chi connectivity index (χ2n) is 5.51. The van der Waals surface area contributed by atoms with Gasteiger partial charge in [-0.25, -0.2) is 4.39 Å². The molecule has 0 unspecified atom stereocenters. The average molecular weight is 282 g/mol. The third-order valence-corrected chi connectivity index (χ3v) is 4.04. The van der Waals surface area contributed by atoms with Crippen molar-refractivity contribution in [3.05, 3.63) is 53.1 Å². The summed E-state index contributed by atoms with van der Waals surface area (Å²) in [6, 6.07) is 6.52. The maximum absolute atomic E-state index is 13.1. The number of nitrogens with one attached hydrogen (secondary N) is 1. The van der Waals surface area contributed by atoms with Gasteiger partial charge in [-0.2, -0.15) is 0 Å². The maximum atomic E-state index is 13.1. The minimum Gasteiger partial charge on any atom is -0.357 e. The molecule has 3 rings (SSSR count).